The summed E-state index contributed by atoms with van der Waals surface area (Å²) >= 11 is 12.3. The number of alkyl halides is 1. The van der Waals surface area contributed by atoms with Gasteiger partial charge in [0.1, 0.15) is 0 Å². The molecule has 0 saturated heterocycles. The summed E-state index contributed by atoms with van der Waals surface area (Å²) in [7, 11) is 1.90. The van der Waals surface area contributed by atoms with Crippen molar-refractivity contribution in [1.29, 1.82) is 0 Å². The van der Waals surface area contributed by atoms with E-state index in [9.17, 15) is 0 Å². The first-order valence-corrected chi connectivity index (χ1v) is 7.07. The molecule has 0 bridgehead atoms. The highest BCUT2D eigenvalue weighted by Gasteiger charge is 2.14. The summed E-state index contributed by atoms with van der Waals surface area (Å²) in [6, 6.07) is 10.3. The van der Waals surface area contributed by atoms with Crippen molar-refractivity contribution in [2.75, 3.05) is 5.88 Å². The minimum absolute atomic E-state index is 0.106. The second-order valence-corrected chi connectivity index (χ2v) is 5.15. The molecule has 1 unspecified atom stereocenters. The van der Waals surface area contributed by atoms with Crippen molar-refractivity contribution >= 4 is 23.2 Å². The second kappa shape index (κ2) is 6.42. The molecule has 0 spiro atoms. The van der Waals surface area contributed by atoms with Crippen molar-refractivity contribution in [1.82, 2.24) is 15.1 Å². The largest absolute Gasteiger partial charge is 0.303 e. The summed E-state index contributed by atoms with van der Waals surface area (Å²) in [5.41, 5.74) is 3.00. The van der Waals surface area contributed by atoms with Gasteiger partial charge in [-0.15, -0.1) is 11.6 Å². The minimum atomic E-state index is 0.106. The smallest absolute Gasteiger partial charge is 0.0860 e. The van der Waals surface area contributed by atoms with Crippen LogP contribution in [0.3, 0.4) is 0 Å². The molecule has 1 aromatic carbocycles. The maximum atomic E-state index is 6.23. The van der Waals surface area contributed by atoms with Gasteiger partial charge in [0.05, 0.1) is 16.4 Å². The van der Waals surface area contributed by atoms with Crippen LogP contribution in [0.15, 0.2) is 30.3 Å². The van der Waals surface area contributed by atoms with Gasteiger partial charge >= 0.3 is 0 Å². The molecule has 2 aromatic rings. The van der Waals surface area contributed by atoms with E-state index in [0.717, 1.165) is 16.4 Å². The van der Waals surface area contributed by atoms with Gasteiger partial charge in [0.15, 0.2) is 0 Å². The molecule has 0 aliphatic carbocycles. The maximum Gasteiger partial charge on any atom is 0.0860 e. The second-order valence-electron chi connectivity index (χ2n) is 4.47. The SMILES string of the molecule is Cc1nn(C)c(CNC(CCl)c2ccccc2)c1Cl. The molecule has 0 radical (unpaired) electrons. The monoisotopic (exact) mass is 297 g/mol. The molecule has 102 valence electrons. The molecular formula is C14H17Cl2N3. The van der Waals surface area contributed by atoms with Crippen molar-refractivity contribution in [2.45, 2.75) is 19.5 Å². The first-order chi connectivity index (χ1) is 9.13. The number of halogens is 2. The Morgan fingerprint density at radius 3 is 2.53 bits per heavy atom. The summed E-state index contributed by atoms with van der Waals surface area (Å²) in [5, 5.41) is 8.44. The van der Waals surface area contributed by atoms with Gasteiger partial charge in [-0.3, -0.25) is 4.68 Å². The lowest BCUT2D eigenvalue weighted by atomic mass is 10.1. The van der Waals surface area contributed by atoms with Gasteiger partial charge in [-0.25, -0.2) is 0 Å². The topological polar surface area (TPSA) is 29.9 Å². The van der Waals surface area contributed by atoms with Gasteiger partial charge in [0, 0.05) is 25.5 Å². The van der Waals surface area contributed by atoms with Gasteiger partial charge in [-0.05, 0) is 12.5 Å². The lowest BCUT2D eigenvalue weighted by molar-refractivity contribution is 0.552. The number of hydrogen-bond donors (Lipinski definition) is 1. The van der Waals surface area contributed by atoms with Crippen molar-refractivity contribution in [2.24, 2.45) is 7.05 Å². The molecule has 3 nitrogen and oxygen atoms in total. The molecule has 1 N–H and O–H groups in total. The quantitative estimate of drug-likeness (QED) is 0.857. The average Bonchev–Trinajstić information content (AvgIpc) is 2.66. The third-order valence-corrected chi connectivity index (χ3v) is 3.93. The molecule has 5 heteroatoms. The molecule has 0 amide bonds. The van der Waals surface area contributed by atoms with Crippen molar-refractivity contribution < 1.29 is 0 Å². The van der Waals surface area contributed by atoms with Crippen LogP contribution >= 0.6 is 23.2 Å². The van der Waals surface area contributed by atoms with Crippen LogP contribution in [0.5, 0.6) is 0 Å². The normalized spacial score (nSPS) is 12.6. The van der Waals surface area contributed by atoms with Gasteiger partial charge in [-0.2, -0.15) is 5.10 Å². The van der Waals surface area contributed by atoms with Crippen molar-refractivity contribution in [3.63, 3.8) is 0 Å². The van der Waals surface area contributed by atoms with Gasteiger partial charge < -0.3 is 5.32 Å². The predicted octanol–water partition coefficient (Wildman–Crippen LogP) is 3.45. The maximum absolute atomic E-state index is 6.23. The Morgan fingerprint density at radius 1 is 1.32 bits per heavy atom. The van der Waals surface area contributed by atoms with Crippen LogP contribution in [0.4, 0.5) is 0 Å². The first kappa shape index (κ1) is 14.4. The Balaban J connectivity index is 2.08. The predicted molar refractivity (Wildman–Crippen MR) is 79.7 cm³/mol. The highest BCUT2D eigenvalue weighted by Crippen LogP contribution is 2.21. The van der Waals surface area contributed by atoms with E-state index in [1.807, 2.05) is 32.2 Å². The molecule has 1 atom stereocenters. The summed E-state index contributed by atoms with van der Waals surface area (Å²) < 4.78 is 1.81. The summed E-state index contributed by atoms with van der Waals surface area (Å²) in [6.45, 7) is 2.55. The number of nitrogens with zero attached hydrogens (tertiary/aromatic N) is 2. The third-order valence-electron chi connectivity index (χ3n) is 3.13. The number of nitrogens with one attached hydrogen (secondary N) is 1. The Hall–Kier alpha value is -1.03. The van der Waals surface area contributed by atoms with Crippen molar-refractivity contribution in [3.05, 3.63) is 52.3 Å². The van der Waals surface area contributed by atoms with Crippen LogP contribution < -0.4 is 5.32 Å². The van der Waals surface area contributed by atoms with Gasteiger partial charge in [0.25, 0.3) is 0 Å². The lowest BCUT2D eigenvalue weighted by Gasteiger charge is -2.16. The zero-order chi connectivity index (χ0) is 13.8. The van der Waals surface area contributed by atoms with Crippen LogP contribution in [-0.2, 0) is 13.6 Å². The van der Waals surface area contributed by atoms with E-state index >= 15 is 0 Å². The Labute approximate surface area is 123 Å². The van der Waals surface area contributed by atoms with E-state index in [1.54, 1.807) is 4.68 Å². The molecule has 1 heterocycles. The third kappa shape index (κ3) is 3.30. The number of benzene rings is 1. The van der Waals surface area contributed by atoms with Gasteiger partial charge in [-0.1, -0.05) is 41.9 Å². The lowest BCUT2D eigenvalue weighted by Crippen LogP contribution is -2.23. The molecular weight excluding hydrogens is 281 g/mol. The van der Waals surface area contributed by atoms with Crippen LogP contribution in [0.1, 0.15) is 23.0 Å². The summed E-state index contributed by atoms with van der Waals surface area (Å²) in [5.74, 6) is 0.512. The van der Waals surface area contributed by atoms with E-state index in [0.29, 0.717) is 12.4 Å². The van der Waals surface area contributed by atoms with Crippen LogP contribution in [0, 0.1) is 6.92 Å². The van der Waals surface area contributed by atoms with Crippen molar-refractivity contribution in [3.8, 4) is 0 Å². The van der Waals surface area contributed by atoms with E-state index in [1.165, 1.54) is 5.56 Å². The highest BCUT2D eigenvalue weighted by atomic mass is 35.5. The zero-order valence-corrected chi connectivity index (χ0v) is 12.5. The fourth-order valence-electron chi connectivity index (χ4n) is 2.04. The van der Waals surface area contributed by atoms with Crippen LogP contribution in [0.25, 0.3) is 0 Å². The Bertz CT molecular complexity index is 537. The fraction of sp³-hybridized carbons (Fsp3) is 0.357. The first-order valence-electron chi connectivity index (χ1n) is 6.15. The minimum Gasteiger partial charge on any atom is -0.303 e. The van der Waals surface area contributed by atoms with E-state index in [-0.39, 0.29) is 6.04 Å². The number of hydrogen-bond acceptors (Lipinski definition) is 2. The number of aromatic nitrogens is 2. The molecule has 0 fully saturated rings. The Kier molecular flexibility index (Phi) is 4.86. The van der Waals surface area contributed by atoms with Crippen LogP contribution in [-0.4, -0.2) is 15.7 Å². The van der Waals surface area contributed by atoms with E-state index < -0.39 is 0 Å². The fourth-order valence-corrected chi connectivity index (χ4v) is 2.55. The molecule has 0 aliphatic heterocycles. The molecule has 2 rings (SSSR count). The van der Waals surface area contributed by atoms with E-state index in [2.05, 4.69) is 22.5 Å². The summed E-state index contributed by atoms with van der Waals surface area (Å²) in [6.07, 6.45) is 0. The standard InChI is InChI=1S/C14H17Cl2N3/c1-10-14(16)13(19(2)18-10)9-17-12(8-15)11-6-4-3-5-7-11/h3-7,12,17H,8-9H2,1-2H3. The average molecular weight is 298 g/mol. The van der Waals surface area contributed by atoms with E-state index in [4.69, 9.17) is 23.2 Å². The molecule has 1 aromatic heterocycles. The number of rotatable bonds is 5. The zero-order valence-electron chi connectivity index (χ0n) is 11.0. The highest BCUT2D eigenvalue weighted by molar-refractivity contribution is 6.31. The van der Waals surface area contributed by atoms with Crippen LogP contribution in [0.2, 0.25) is 5.02 Å². The summed E-state index contributed by atoms with van der Waals surface area (Å²) in [4.78, 5) is 0. The van der Waals surface area contributed by atoms with Gasteiger partial charge in [0.2, 0.25) is 0 Å². The molecule has 0 saturated carbocycles. The Morgan fingerprint density at radius 2 is 2.00 bits per heavy atom. The molecule has 19 heavy (non-hydrogen) atoms. The number of aryl methyl sites for hydroxylation is 2. The molecule has 0 aliphatic rings.